The van der Waals surface area contributed by atoms with Gasteiger partial charge in [0, 0.05) is 83.0 Å². The third kappa shape index (κ3) is 18.6. The molecule has 6 aliphatic rings. The topological polar surface area (TPSA) is 242 Å². The molecule has 0 aromatic heterocycles. The number of allylic oxidation sites excluding steroid dienone is 4. The molecule has 3 fully saturated rings. The number of fused-ring (bicyclic) bond motifs is 7. The first-order chi connectivity index (χ1) is 42.7. The fourth-order valence-corrected chi connectivity index (χ4v) is 16.0. The second kappa shape index (κ2) is 32.6. The molecule has 13 atom stereocenters. The Kier molecular flexibility index (Phi) is 26.2. The number of piperazine rings is 1. The van der Waals surface area contributed by atoms with E-state index in [4.69, 9.17) is 24.7 Å². The SMILES string of the molecule is CO[C@H]1/C=C\C=C(/C)C(=O)NC2=CC(=O)C(NCCN3CCN(C(=O)Oc4ccc5c(c4)CC(CCCCCCCCC[S+]([O-])CCCC(F)(F)C(F)(F)F)C4C5CCC5(C)C(O)CCC45)CC3)=C(C[C@@H](C)C[C@H](OC)[C@@H](O)[C@@H](C)/C=C(\C)[C@@H]1OC(N)=O)C2=O. The number of ketones is 2. The van der Waals surface area contributed by atoms with Crippen LogP contribution in [0.3, 0.4) is 0 Å². The van der Waals surface area contributed by atoms with Crippen LogP contribution in [0.1, 0.15) is 154 Å². The monoisotopic (exact) mass is 1290 g/mol. The van der Waals surface area contributed by atoms with Crippen LogP contribution in [0.5, 0.6) is 5.75 Å². The van der Waals surface area contributed by atoms with Crippen LogP contribution in [0.4, 0.5) is 31.5 Å². The lowest BCUT2D eigenvalue weighted by molar-refractivity contribution is -0.284. The van der Waals surface area contributed by atoms with Gasteiger partial charge in [-0.3, -0.25) is 19.3 Å². The highest BCUT2D eigenvalue weighted by Gasteiger charge is 2.58. The minimum Gasteiger partial charge on any atom is -0.616 e. The van der Waals surface area contributed by atoms with Crippen molar-refractivity contribution in [1.82, 2.24) is 20.4 Å². The number of halogens is 5. The number of amides is 3. The number of methoxy groups -OCH3 is 2. The molecule has 2 saturated carbocycles. The maximum Gasteiger partial charge on any atom is 0.453 e. The molecule has 90 heavy (non-hydrogen) atoms. The van der Waals surface area contributed by atoms with E-state index in [1.807, 2.05) is 19.1 Å². The maximum absolute atomic E-state index is 14.3. The van der Waals surface area contributed by atoms with Crippen LogP contribution >= 0.6 is 0 Å². The number of carbonyl (C=O) groups excluding carboxylic acids is 5. The van der Waals surface area contributed by atoms with Crippen molar-refractivity contribution in [2.24, 2.45) is 40.7 Å². The fraction of sp³-hybridized carbons (Fsp3) is 0.687. The van der Waals surface area contributed by atoms with Crippen LogP contribution in [-0.4, -0.2) is 162 Å². The van der Waals surface area contributed by atoms with Gasteiger partial charge >= 0.3 is 24.3 Å². The average Bonchev–Trinajstić information content (AvgIpc) is 1.39. The van der Waals surface area contributed by atoms with E-state index in [0.29, 0.717) is 79.9 Å². The first-order valence-electron chi connectivity index (χ1n) is 32.3. The van der Waals surface area contributed by atoms with E-state index >= 15 is 0 Å². The van der Waals surface area contributed by atoms with E-state index in [1.165, 1.54) is 31.4 Å². The third-order valence-electron chi connectivity index (χ3n) is 19.9. The highest BCUT2D eigenvalue weighted by atomic mass is 32.2. The number of unbranched alkanes of at least 4 members (excludes halogenated alkanes) is 6. The van der Waals surface area contributed by atoms with Gasteiger partial charge < -0.3 is 55.0 Å². The summed E-state index contributed by atoms with van der Waals surface area (Å²) in [6.45, 7) is 11.9. The van der Waals surface area contributed by atoms with Crippen molar-refractivity contribution in [3.8, 4) is 5.75 Å². The van der Waals surface area contributed by atoms with Crippen LogP contribution in [0.2, 0.25) is 0 Å². The number of benzene rings is 1. The number of hydrogen-bond acceptors (Lipinski definition) is 14. The Morgan fingerprint density at radius 1 is 0.911 bits per heavy atom. The van der Waals surface area contributed by atoms with E-state index in [-0.39, 0.29) is 65.1 Å². The Morgan fingerprint density at radius 3 is 2.28 bits per heavy atom. The highest BCUT2D eigenvalue weighted by Crippen LogP contribution is 2.63. The van der Waals surface area contributed by atoms with Gasteiger partial charge in [-0.2, -0.15) is 22.0 Å². The molecule has 0 spiro atoms. The number of hydrogen-bond donors (Lipinski definition) is 5. The number of rotatable bonds is 22. The molecule has 23 heteroatoms. The van der Waals surface area contributed by atoms with Gasteiger partial charge in [-0.1, -0.05) is 94.4 Å². The van der Waals surface area contributed by atoms with Crippen LogP contribution in [0.15, 0.2) is 76.7 Å². The van der Waals surface area contributed by atoms with E-state index < -0.39 is 96.1 Å². The predicted molar refractivity (Wildman–Crippen MR) is 333 cm³/mol. The van der Waals surface area contributed by atoms with Crippen molar-refractivity contribution in [3.63, 3.8) is 0 Å². The standard InChI is InChI=1S/C67H96F5N5O12S/c1-41-35-50-58(53(78)40-52(60(50)81)75-62(82)42(2)17-15-19-54(86-6)61(89-63(73)83)44(4)37-43(3)59(80)55(36-41)87-7)74-27-28-76-29-31-77(32-30-76)64(84)88-47-20-21-48-46(39-47)38-45(57-49(48)24-26-65(5)51(57)22-23-56(65)79)18-13-11-9-8-10-12-14-33-90(85)34-16-25-66(68,69)67(70,71)72/h15,17,19-21,37,39-41,43,45,49,51,54-57,59,61,74,79-80H,8-14,16,18,22-36,38H2,1-7H3,(H2,73,83)(H,75,82)/b19-15-,42-17+,44-37+/t41-,43+,45?,49?,51?,54+,55+,56?,57?,59+,61+,65?,90?/m1/s1. The van der Waals surface area contributed by atoms with Crippen molar-refractivity contribution in [2.45, 2.75) is 192 Å². The number of aliphatic hydroxyl groups excluding tert-OH is 2. The molecule has 502 valence electrons. The van der Waals surface area contributed by atoms with E-state index in [9.17, 15) is 60.7 Å². The minimum absolute atomic E-state index is 0.111. The third-order valence-corrected chi connectivity index (χ3v) is 21.4. The van der Waals surface area contributed by atoms with Crippen molar-refractivity contribution in [1.29, 1.82) is 0 Å². The number of ether oxygens (including phenoxy) is 4. The number of carbonyl (C=O) groups is 5. The lowest BCUT2D eigenvalue weighted by Gasteiger charge is -2.53. The van der Waals surface area contributed by atoms with Gasteiger partial charge in [0.25, 0.3) is 5.91 Å². The van der Waals surface area contributed by atoms with Gasteiger partial charge in [-0.05, 0) is 148 Å². The summed E-state index contributed by atoms with van der Waals surface area (Å²) in [5, 5.41) is 28.7. The summed E-state index contributed by atoms with van der Waals surface area (Å²) in [4.78, 5) is 71.5. The first kappa shape index (κ1) is 72.3. The number of alkyl halides is 5. The molecule has 7 unspecified atom stereocenters. The summed E-state index contributed by atoms with van der Waals surface area (Å²) >= 11 is -1.43. The molecular weight excluding hydrogens is 1190 g/mol. The summed E-state index contributed by atoms with van der Waals surface area (Å²) in [6.07, 6.45) is 7.31. The van der Waals surface area contributed by atoms with Crippen LogP contribution in [0, 0.1) is 35.0 Å². The number of nitrogens with one attached hydrogen (secondary N) is 2. The normalized spacial score (nSPS) is 31.0. The van der Waals surface area contributed by atoms with E-state index in [2.05, 4.69) is 28.5 Å². The first-order valence-corrected chi connectivity index (χ1v) is 33.8. The quantitative estimate of drug-likeness (QED) is 0.0239. The summed E-state index contributed by atoms with van der Waals surface area (Å²) < 4.78 is 99.1. The highest BCUT2D eigenvalue weighted by molar-refractivity contribution is 7.91. The second-order valence-electron chi connectivity index (χ2n) is 26.2. The van der Waals surface area contributed by atoms with E-state index in [1.54, 1.807) is 43.9 Å². The zero-order valence-corrected chi connectivity index (χ0v) is 54.2. The number of nitrogens with two attached hydrogens (primary N) is 1. The molecule has 4 aliphatic carbocycles. The van der Waals surface area contributed by atoms with Gasteiger partial charge in [0.15, 0.2) is 6.10 Å². The van der Waals surface area contributed by atoms with Crippen molar-refractivity contribution >= 4 is 40.8 Å². The second-order valence-corrected chi connectivity index (χ2v) is 27.9. The Hall–Kier alpha value is -5.17. The summed E-state index contributed by atoms with van der Waals surface area (Å²) in [5.74, 6) is -4.99. The summed E-state index contributed by atoms with van der Waals surface area (Å²) in [5.41, 5.74) is 8.72. The summed E-state index contributed by atoms with van der Waals surface area (Å²) in [6, 6.07) is 6.10. The van der Waals surface area contributed by atoms with E-state index in [0.717, 1.165) is 83.1 Å². The Labute approximate surface area is 530 Å². The Bertz CT molecular complexity index is 2820. The zero-order valence-electron chi connectivity index (χ0n) is 53.4. The lowest BCUT2D eigenvalue weighted by atomic mass is 9.52. The van der Waals surface area contributed by atoms with Gasteiger partial charge in [0.2, 0.25) is 11.6 Å². The number of primary amides is 1. The number of aliphatic hydroxyl groups is 2. The Morgan fingerprint density at radius 2 is 1.60 bits per heavy atom. The minimum atomic E-state index is -5.59. The zero-order chi connectivity index (χ0) is 65.7. The molecule has 7 rings (SSSR count). The van der Waals surface area contributed by atoms with Gasteiger partial charge in [0.1, 0.15) is 23.4 Å². The van der Waals surface area contributed by atoms with Crippen molar-refractivity contribution in [3.05, 3.63) is 87.8 Å². The van der Waals surface area contributed by atoms with Crippen molar-refractivity contribution in [2.75, 3.05) is 65.0 Å². The van der Waals surface area contributed by atoms with Gasteiger partial charge in [-0.25, -0.2) is 9.59 Å². The summed E-state index contributed by atoms with van der Waals surface area (Å²) in [7, 11) is 2.90. The number of nitrogens with zero attached hydrogens (tertiary/aromatic N) is 2. The van der Waals surface area contributed by atoms with Crippen LogP contribution < -0.4 is 21.1 Å². The molecule has 2 aliphatic heterocycles. The molecule has 17 nitrogen and oxygen atoms in total. The molecule has 2 bridgehead atoms. The molecule has 1 aromatic rings. The maximum atomic E-state index is 14.3. The lowest BCUT2D eigenvalue weighted by Crippen LogP contribution is -2.51. The molecular formula is C67H96F5N5O12S. The van der Waals surface area contributed by atoms with Gasteiger partial charge in [-0.15, -0.1) is 0 Å². The average molecular weight is 1290 g/mol. The van der Waals surface area contributed by atoms with Crippen molar-refractivity contribution < 1.29 is 79.6 Å². The molecule has 1 aromatic carbocycles. The van der Waals surface area contributed by atoms with Crippen LogP contribution in [-0.2, 0) is 46.2 Å². The van der Waals surface area contributed by atoms with Gasteiger partial charge in [0.05, 0.1) is 29.7 Å². The molecule has 0 radical (unpaired) electrons. The van der Waals surface area contributed by atoms with Crippen LogP contribution in [0.25, 0.3) is 0 Å². The largest absolute Gasteiger partial charge is 0.616 e. The molecule has 6 N–H and O–H groups in total. The number of Topliss-reactive ketones (excluding diaryl/α,β-unsaturated/α-hetero) is 1. The Balaban J connectivity index is 0.923. The predicted octanol–water partition coefficient (Wildman–Crippen LogP) is 10.5. The molecule has 1 saturated heterocycles. The molecule has 3 amide bonds. The molecule has 2 heterocycles. The smallest absolute Gasteiger partial charge is 0.453 e. The fourth-order valence-electron chi connectivity index (χ4n) is 14.8.